The van der Waals surface area contributed by atoms with Gasteiger partial charge in [0.15, 0.2) is 0 Å². The van der Waals surface area contributed by atoms with Gasteiger partial charge >= 0.3 is 12.0 Å². The molecule has 0 saturated carbocycles. The van der Waals surface area contributed by atoms with E-state index in [0.717, 1.165) is 22.4 Å². The molecule has 2 saturated heterocycles. The predicted molar refractivity (Wildman–Crippen MR) is 152 cm³/mol. The Morgan fingerprint density at radius 1 is 0.878 bits per heavy atom. The third-order valence-corrected chi connectivity index (χ3v) is 7.91. The Labute approximate surface area is 236 Å². The number of pyridine rings is 1. The Kier molecular flexibility index (Phi) is 6.76. The van der Waals surface area contributed by atoms with Gasteiger partial charge in [-0.3, -0.25) is 14.7 Å². The molecule has 2 fully saturated rings. The number of carboxylic acids is 1. The number of hydrogen-bond donors (Lipinski definition) is 1. The van der Waals surface area contributed by atoms with E-state index in [4.69, 9.17) is 0 Å². The first-order valence-corrected chi connectivity index (χ1v) is 13.4. The maximum atomic E-state index is 14.2. The number of carboxylic acid groups (broad SMARTS) is 1. The average molecular weight is 549 g/mol. The van der Waals surface area contributed by atoms with Crippen molar-refractivity contribution in [3.8, 4) is 11.1 Å². The number of benzene rings is 2. The first-order chi connectivity index (χ1) is 19.9. The first-order valence-electron chi connectivity index (χ1n) is 13.4. The number of nitrogens with zero attached hydrogens (tertiary/aromatic N) is 6. The van der Waals surface area contributed by atoms with Gasteiger partial charge in [0.05, 0.1) is 16.9 Å². The van der Waals surface area contributed by atoms with Crippen LogP contribution in [0.5, 0.6) is 0 Å². The van der Waals surface area contributed by atoms with Gasteiger partial charge in [0.2, 0.25) is 5.95 Å². The lowest BCUT2D eigenvalue weighted by Gasteiger charge is -2.41. The van der Waals surface area contributed by atoms with Gasteiger partial charge in [-0.25, -0.2) is 29.4 Å². The maximum Gasteiger partial charge on any atom is 0.339 e. The summed E-state index contributed by atoms with van der Waals surface area (Å²) in [6.07, 6.45) is 5.77. The van der Waals surface area contributed by atoms with Gasteiger partial charge in [0.25, 0.3) is 5.91 Å². The predicted octanol–water partition coefficient (Wildman–Crippen LogP) is 4.55. The topological polar surface area (TPSA) is 120 Å². The van der Waals surface area contributed by atoms with Gasteiger partial charge in [0, 0.05) is 38.2 Å². The number of anilines is 2. The highest BCUT2D eigenvalue weighted by Crippen LogP contribution is 2.41. The maximum absolute atomic E-state index is 14.2. The van der Waals surface area contributed by atoms with Crippen molar-refractivity contribution < 1.29 is 19.5 Å². The fourth-order valence-corrected chi connectivity index (χ4v) is 5.63. The second-order valence-electron chi connectivity index (χ2n) is 10.3. The summed E-state index contributed by atoms with van der Waals surface area (Å²) in [5.41, 5.74) is 3.11. The number of likely N-dealkylation sites (tertiary alicyclic amines) is 1. The molecule has 0 aliphatic carbocycles. The number of aryl methyl sites for hydroxylation is 1. The molecule has 0 unspecified atom stereocenters. The normalized spacial score (nSPS) is 16.9. The van der Waals surface area contributed by atoms with Crippen molar-refractivity contribution in [1.29, 1.82) is 0 Å². The van der Waals surface area contributed by atoms with Crippen LogP contribution in [0.25, 0.3) is 11.1 Å². The molecule has 4 heterocycles. The van der Waals surface area contributed by atoms with E-state index in [9.17, 15) is 19.5 Å². The first kappa shape index (κ1) is 26.3. The molecule has 1 N–H and O–H groups in total. The molecule has 1 spiro atoms. The van der Waals surface area contributed by atoms with Crippen molar-refractivity contribution in [3.05, 3.63) is 102 Å². The molecular weight excluding hydrogens is 520 g/mol. The molecule has 2 aromatic carbocycles. The van der Waals surface area contributed by atoms with Crippen molar-refractivity contribution >= 4 is 29.5 Å². The Morgan fingerprint density at radius 2 is 1.59 bits per heavy atom. The van der Waals surface area contributed by atoms with Crippen LogP contribution in [0.15, 0.2) is 85.3 Å². The molecule has 6 rings (SSSR count). The van der Waals surface area contributed by atoms with E-state index in [1.54, 1.807) is 61.1 Å². The van der Waals surface area contributed by atoms with Crippen LogP contribution >= 0.6 is 0 Å². The van der Waals surface area contributed by atoms with Crippen LogP contribution < -0.4 is 9.80 Å². The van der Waals surface area contributed by atoms with Crippen molar-refractivity contribution in [2.45, 2.75) is 31.8 Å². The van der Waals surface area contributed by atoms with E-state index < -0.39 is 17.5 Å². The molecule has 206 valence electrons. The van der Waals surface area contributed by atoms with Crippen LogP contribution in [0.3, 0.4) is 0 Å². The smallest absolute Gasteiger partial charge is 0.339 e. The van der Waals surface area contributed by atoms with Crippen LogP contribution in [0.2, 0.25) is 0 Å². The second-order valence-corrected chi connectivity index (χ2v) is 10.3. The van der Waals surface area contributed by atoms with Gasteiger partial charge in [-0.15, -0.1) is 0 Å². The molecular formula is C31H28N6O4. The number of carbonyl (C=O) groups excluding carboxylic acids is 2. The zero-order chi connectivity index (χ0) is 28.6. The zero-order valence-corrected chi connectivity index (χ0v) is 22.5. The minimum Gasteiger partial charge on any atom is -0.478 e. The summed E-state index contributed by atoms with van der Waals surface area (Å²) in [6, 6.07) is 18.7. The van der Waals surface area contributed by atoms with Crippen LogP contribution in [0, 0.1) is 6.92 Å². The summed E-state index contributed by atoms with van der Waals surface area (Å²) in [5.74, 6) is -1.11. The molecule has 4 aromatic rings. The van der Waals surface area contributed by atoms with Gasteiger partial charge in [-0.1, -0.05) is 30.3 Å². The van der Waals surface area contributed by atoms with Crippen molar-refractivity contribution in [2.24, 2.45) is 0 Å². The number of urea groups is 1. The molecule has 2 aliphatic heterocycles. The van der Waals surface area contributed by atoms with Crippen molar-refractivity contribution in [2.75, 3.05) is 22.9 Å². The molecule has 3 amide bonds. The standard InChI is InChI=1S/C31H28N6O4/c1-21-5-3-14-32-26(21)20-35-17-12-31(13-18-35)28(40)36(30(41)37(31)29-33-15-4-16-34-29)25-10-8-22(9-11-25)23-6-2-7-24(19-23)27(38)39/h2-11,14-16,19H,12-13,17-18,20H2,1H3,(H,38,39). The van der Waals surface area contributed by atoms with Crippen LogP contribution in [0.1, 0.15) is 34.5 Å². The summed E-state index contributed by atoms with van der Waals surface area (Å²) < 4.78 is 0. The van der Waals surface area contributed by atoms with Gasteiger partial charge in [-0.05, 0) is 72.9 Å². The molecule has 2 aromatic heterocycles. The lowest BCUT2D eigenvalue weighted by atomic mass is 9.85. The molecule has 10 nitrogen and oxygen atoms in total. The average Bonchev–Trinajstić information content (AvgIpc) is 3.21. The van der Waals surface area contributed by atoms with Crippen molar-refractivity contribution in [3.63, 3.8) is 0 Å². The van der Waals surface area contributed by atoms with E-state index in [1.165, 1.54) is 15.9 Å². The van der Waals surface area contributed by atoms with Crippen LogP contribution in [-0.4, -0.2) is 61.5 Å². The SMILES string of the molecule is Cc1cccnc1CN1CCC2(CC1)C(=O)N(c1ccc(-c3cccc(C(=O)O)c3)cc1)C(=O)N2c1ncccn1. The Hall–Kier alpha value is -4.96. The highest BCUT2D eigenvalue weighted by molar-refractivity contribution is 6.30. The molecule has 0 bridgehead atoms. The van der Waals surface area contributed by atoms with Gasteiger partial charge in [0.1, 0.15) is 5.54 Å². The minimum atomic E-state index is -1.11. The molecule has 10 heteroatoms. The summed E-state index contributed by atoms with van der Waals surface area (Å²) in [4.78, 5) is 57.7. The summed E-state index contributed by atoms with van der Waals surface area (Å²) in [6.45, 7) is 3.91. The van der Waals surface area contributed by atoms with Crippen LogP contribution in [-0.2, 0) is 11.3 Å². The van der Waals surface area contributed by atoms with Gasteiger partial charge < -0.3 is 5.11 Å². The number of carbonyl (C=O) groups is 3. The highest BCUT2D eigenvalue weighted by Gasteiger charge is 2.60. The van der Waals surface area contributed by atoms with Crippen LogP contribution in [0.4, 0.5) is 16.4 Å². The van der Waals surface area contributed by atoms with E-state index in [-0.39, 0.29) is 17.4 Å². The van der Waals surface area contributed by atoms with Crippen molar-refractivity contribution in [1.82, 2.24) is 19.9 Å². The zero-order valence-electron chi connectivity index (χ0n) is 22.5. The monoisotopic (exact) mass is 548 g/mol. The number of aromatic nitrogens is 3. The molecule has 0 radical (unpaired) electrons. The number of amides is 3. The third-order valence-electron chi connectivity index (χ3n) is 7.91. The molecule has 2 aliphatic rings. The lowest BCUT2D eigenvalue weighted by molar-refractivity contribution is -0.123. The minimum absolute atomic E-state index is 0.182. The number of hydrogen-bond acceptors (Lipinski definition) is 7. The lowest BCUT2D eigenvalue weighted by Crippen LogP contribution is -2.57. The number of piperidine rings is 1. The number of aromatic carboxylic acids is 1. The molecule has 41 heavy (non-hydrogen) atoms. The Balaban J connectivity index is 1.30. The third kappa shape index (κ3) is 4.72. The highest BCUT2D eigenvalue weighted by atomic mass is 16.4. The van der Waals surface area contributed by atoms with E-state index in [2.05, 4.69) is 19.9 Å². The summed E-state index contributed by atoms with van der Waals surface area (Å²) in [7, 11) is 0. The second kappa shape index (κ2) is 10.5. The quantitative estimate of drug-likeness (QED) is 0.349. The largest absolute Gasteiger partial charge is 0.478 e. The number of rotatable bonds is 6. The Bertz CT molecular complexity index is 1620. The van der Waals surface area contributed by atoms with E-state index in [0.29, 0.717) is 38.2 Å². The van der Waals surface area contributed by atoms with E-state index in [1.807, 2.05) is 25.1 Å². The van der Waals surface area contributed by atoms with Gasteiger partial charge in [-0.2, -0.15) is 0 Å². The van der Waals surface area contributed by atoms with E-state index >= 15 is 0 Å². The summed E-state index contributed by atoms with van der Waals surface area (Å²) >= 11 is 0. The number of imide groups is 1. The fraction of sp³-hybridized carbons (Fsp3) is 0.226. The Morgan fingerprint density at radius 3 is 2.27 bits per heavy atom. The summed E-state index contributed by atoms with van der Waals surface area (Å²) in [5, 5.41) is 9.34. The fourth-order valence-electron chi connectivity index (χ4n) is 5.63. The molecule has 0 atom stereocenters.